The second-order valence-electron chi connectivity index (χ2n) is 8.70. The molecular weight excluding hydrogens is 390 g/mol. The largest absolute Gasteiger partial charge is 0.494 e. The summed E-state index contributed by atoms with van der Waals surface area (Å²) in [5.41, 5.74) is 3.71. The molecule has 0 unspecified atom stereocenters. The van der Waals surface area contributed by atoms with Gasteiger partial charge in [-0.1, -0.05) is 101 Å². The molecule has 0 fully saturated rings. The van der Waals surface area contributed by atoms with E-state index in [-0.39, 0.29) is 0 Å². The molecule has 0 radical (unpaired) electrons. The zero-order valence-electron chi connectivity index (χ0n) is 20.8. The van der Waals surface area contributed by atoms with Crippen LogP contribution in [-0.2, 0) is 0 Å². The van der Waals surface area contributed by atoms with Crippen molar-refractivity contribution in [1.82, 2.24) is 0 Å². The number of hydrogen-bond acceptors (Lipinski definition) is 2. The lowest BCUT2D eigenvalue weighted by molar-refractivity contribution is 0.304. The first-order chi connectivity index (χ1) is 15.8. The van der Waals surface area contributed by atoms with Crippen LogP contribution in [0.5, 0.6) is 5.75 Å². The quantitative estimate of drug-likeness (QED) is 0.181. The average molecular weight is 436 g/mol. The average Bonchev–Trinajstić information content (AvgIpc) is 2.83. The van der Waals surface area contributed by atoms with Crippen LogP contribution in [0, 0.1) is 0 Å². The maximum absolute atomic E-state index is 5.92. The van der Waals surface area contributed by atoms with Crippen LogP contribution in [0.25, 0.3) is 12.2 Å². The molecule has 0 N–H and O–H groups in total. The van der Waals surface area contributed by atoms with Crippen LogP contribution in [-0.4, -0.2) is 19.7 Å². The highest BCUT2D eigenvalue weighted by molar-refractivity contribution is 5.70. The fourth-order valence-corrected chi connectivity index (χ4v) is 4.03. The van der Waals surface area contributed by atoms with E-state index in [1.54, 1.807) is 0 Å². The van der Waals surface area contributed by atoms with Gasteiger partial charge in [-0.05, 0) is 55.7 Å². The molecule has 32 heavy (non-hydrogen) atoms. The predicted molar refractivity (Wildman–Crippen MR) is 143 cm³/mol. The van der Waals surface area contributed by atoms with Crippen molar-refractivity contribution in [1.29, 1.82) is 0 Å². The third-order valence-corrected chi connectivity index (χ3v) is 6.14. The molecule has 0 aliphatic rings. The van der Waals surface area contributed by atoms with Gasteiger partial charge in [0, 0.05) is 18.8 Å². The van der Waals surface area contributed by atoms with Crippen LogP contribution >= 0.6 is 0 Å². The summed E-state index contributed by atoms with van der Waals surface area (Å²) < 4.78 is 5.92. The summed E-state index contributed by atoms with van der Waals surface area (Å²) in [5, 5.41) is 0. The summed E-state index contributed by atoms with van der Waals surface area (Å²) in [4.78, 5) is 2.36. The van der Waals surface area contributed by atoms with E-state index in [0.717, 1.165) is 31.9 Å². The van der Waals surface area contributed by atoms with Crippen LogP contribution in [0.15, 0.2) is 48.5 Å². The van der Waals surface area contributed by atoms with E-state index in [0.29, 0.717) is 0 Å². The molecule has 0 aromatic heterocycles. The highest BCUT2D eigenvalue weighted by Gasteiger charge is 2.00. The van der Waals surface area contributed by atoms with Crippen molar-refractivity contribution in [3.05, 3.63) is 59.7 Å². The van der Waals surface area contributed by atoms with Gasteiger partial charge in [0.2, 0.25) is 0 Å². The smallest absolute Gasteiger partial charge is 0.119 e. The molecule has 0 amide bonds. The van der Waals surface area contributed by atoms with Crippen LogP contribution in [0.3, 0.4) is 0 Å². The molecule has 176 valence electrons. The van der Waals surface area contributed by atoms with Crippen LogP contribution < -0.4 is 9.64 Å². The first-order valence-electron chi connectivity index (χ1n) is 13.0. The molecular formula is C30H45NO. The summed E-state index contributed by atoms with van der Waals surface area (Å²) in [5.74, 6) is 0.974. The summed E-state index contributed by atoms with van der Waals surface area (Å²) in [6.45, 7) is 9.58. The van der Waals surface area contributed by atoms with E-state index in [4.69, 9.17) is 4.74 Å². The van der Waals surface area contributed by atoms with Crippen molar-refractivity contribution in [2.45, 2.75) is 85.0 Å². The Morgan fingerprint density at radius 2 is 1.06 bits per heavy atom. The Labute approximate surface area is 197 Å². The minimum absolute atomic E-state index is 0.824. The van der Waals surface area contributed by atoms with Gasteiger partial charge >= 0.3 is 0 Å². The van der Waals surface area contributed by atoms with E-state index >= 15 is 0 Å². The van der Waals surface area contributed by atoms with Gasteiger partial charge in [-0.2, -0.15) is 0 Å². The highest BCUT2D eigenvalue weighted by atomic mass is 16.5. The van der Waals surface area contributed by atoms with Crippen molar-refractivity contribution >= 4 is 17.8 Å². The van der Waals surface area contributed by atoms with Crippen molar-refractivity contribution in [3.8, 4) is 5.75 Å². The lowest BCUT2D eigenvalue weighted by Crippen LogP contribution is -2.21. The van der Waals surface area contributed by atoms with E-state index in [2.05, 4.69) is 86.4 Å². The zero-order chi connectivity index (χ0) is 22.9. The number of ether oxygens (including phenoxy) is 1. The first kappa shape index (κ1) is 26.0. The lowest BCUT2D eigenvalue weighted by Gasteiger charge is -2.20. The van der Waals surface area contributed by atoms with Gasteiger partial charge in [0.05, 0.1) is 6.61 Å². The molecule has 2 aromatic rings. The Hall–Kier alpha value is -2.22. The number of rotatable bonds is 17. The monoisotopic (exact) mass is 435 g/mol. The number of anilines is 1. The standard InChI is InChI=1S/C30H45NO/c1-4-7-8-9-10-11-12-13-14-15-26-32-30-24-20-28(21-25-30)17-16-27-18-22-29(23-19-27)31(5-2)6-3/h16-25H,4-15,26H2,1-3H3/b17-16+. The summed E-state index contributed by atoms with van der Waals surface area (Å²) >= 11 is 0. The molecule has 0 saturated carbocycles. The summed E-state index contributed by atoms with van der Waals surface area (Å²) in [7, 11) is 0. The Morgan fingerprint density at radius 3 is 1.56 bits per heavy atom. The Kier molecular flexibility index (Phi) is 13.4. The molecule has 0 atom stereocenters. The Balaban J connectivity index is 1.62. The normalized spacial score (nSPS) is 11.2. The van der Waals surface area contributed by atoms with Crippen LogP contribution in [0.2, 0.25) is 0 Å². The number of nitrogens with zero attached hydrogens (tertiary/aromatic N) is 1. The van der Waals surface area contributed by atoms with Crippen LogP contribution in [0.4, 0.5) is 5.69 Å². The molecule has 2 heteroatoms. The van der Waals surface area contributed by atoms with Gasteiger partial charge in [0.15, 0.2) is 0 Å². The van der Waals surface area contributed by atoms with Crippen LogP contribution in [0.1, 0.15) is 96.1 Å². The van der Waals surface area contributed by atoms with Gasteiger partial charge in [-0.25, -0.2) is 0 Å². The molecule has 0 bridgehead atoms. The van der Waals surface area contributed by atoms with Crippen molar-refractivity contribution in [3.63, 3.8) is 0 Å². The molecule has 0 saturated heterocycles. The van der Waals surface area contributed by atoms with Crippen molar-refractivity contribution in [2.75, 3.05) is 24.6 Å². The second kappa shape index (κ2) is 16.4. The zero-order valence-corrected chi connectivity index (χ0v) is 20.8. The maximum atomic E-state index is 5.92. The second-order valence-corrected chi connectivity index (χ2v) is 8.70. The molecule has 0 aliphatic heterocycles. The van der Waals surface area contributed by atoms with E-state index in [1.807, 2.05) is 0 Å². The number of benzene rings is 2. The van der Waals surface area contributed by atoms with E-state index in [1.165, 1.54) is 74.6 Å². The third-order valence-electron chi connectivity index (χ3n) is 6.14. The van der Waals surface area contributed by atoms with Crippen molar-refractivity contribution in [2.24, 2.45) is 0 Å². The molecule has 2 aromatic carbocycles. The topological polar surface area (TPSA) is 12.5 Å². The molecule has 0 aliphatic carbocycles. The van der Waals surface area contributed by atoms with Gasteiger partial charge < -0.3 is 9.64 Å². The Bertz CT molecular complexity index is 728. The predicted octanol–water partition coefficient (Wildman–Crippen LogP) is 9.00. The SMILES string of the molecule is CCCCCCCCCCCCOc1ccc(/C=C/c2ccc(N(CC)CC)cc2)cc1. The minimum Gasteiger partial charge on any atom is -0.494 e. The third kappa shape index (κ3) is 10.4. The fourth-order valence-electron chi connectivity index (χ4n) is 4.03. The van der Waals surface area contributed by atoms with Gasteiger partial charge in [-0.15, -0.1) is 0 Å². The molecule has 2 nitrogen and oxygen atoms in total. The van der Waals surface area contributed by atoms with Gasteiger partial charge in [0.25, 0.3) is 0 Å². The first-order valence-corrected chi connectivity index (χ1v) is 13.0. The van der Waals surface area contributed by atoms with E-state index < -0.39 is 0 Å². The summed E-state index contributed by atoms with van der Waals surface area (Å²) in [6, 6.07) is 17.2. The summed E-state index contributed by atoms with van der Waals surface area (Å²) in [6.07, 6.45) is 17.9. The van der Waals surface area contributed by atoms with Gasteiger partial charge in [0.1, 0.15) is 5.75 Å². The molecule has 0 spiro atoms. The fraction of sp³-hybridized carbons (Fsp3) is 0.533. The Morgan fingerprint density at radius 1 is 0.594 bits per heavy atom. The molecule has 0 heterocycles. The van der Waals surface area contributed by atoms with E-state index in [9.17, 15) is 0 Å². The lowest BCUT2D eigenvalue weighted by atomic mass is 10.1. The minimum atomic E-state index is 0.824. The maximum Gasteiger partial charge on any atom is 0.119 e. The number of unbranched alkanes of at least 4 members (excludes halogenated alkanes) is 9. The van der Waals surface area contributed by atoms with Crippen molar-refractivity contribution < 1.29 is 4.74 Å². The molecule has 2 rings (SSSR count). The van der Waals surface area contributed by atoms with Gasteiger partial charge in [-0.3, -0.25) is 0 Å². The number of hydrogen-bond donors (Lipinski definition) is 0. The highest BCUT2D eigenvalue weighted by Crippen LogP contribution is 2.18.